The first-order chi connectivity index (χ1) is 14.6. The van der Waals surface area contributed by atoms with Gasteiger partial charge in [-0.15, -0.1) is 0 Å². The molecule has 0 spiro atoms. The number of carbonyl (C=O) groups is 1. The third-order valence-electron chi connectivity index (χ3n) is 5.54. The van der Waals surface area contributed by atoms with E-state index in [1.54, 1.807) is 11.1 Å². The molecule has 0 atom stereocenters. The zero-order chi connectivity index (χ0) is 20.7. The van der Waals surface area contributed by atoms with Gasteiger partial charge in [-0.1, -0.05) is 24.3 Å². The predicted molar refractivity (Wildman–Crippen MR) is 113 cm³/mol. The van der Waals surface area contributed by atoms with Crippen LogP contribution in [-0.2, 0) is 11.4 Å². The Kier molecular flexibility index (Phi) is 4.64. The number of hydrogen-bond acceptors (Lipinski definition) is 5. The van der Waals surface area contributed by atoms with E-state index in [1.807, 2.05) is 55.5 Å². The molecule has 1 fully saturated rings. The van der Waals surface area contributed by atoms with E-state index in [1.165, 1.54) is 0 Å². The zero-order valence-corrected chi connectivity index (χ0v) is 16.7. The van der Waals surface area contributed by atoms with Crippen molar-refractivity contribution < 1.29 is 19.4 Å². The quantitative estimate of drug-likeness (QED) is 0.687. The fourth-order valence-corrected chi connectivity index (χ4v) is 3.67. The highest BCUT2D eigenvalue weighted by molar-refractivity contribution is 6.03. The zero-order valence-electron chi connectivity index (χ0n) is 16.7. The highest BCUT2D eigenvalue weighted by atomic mass is 16.7. The normalized spacial score (nSPS) is 14.6. The fraction of sp³-hybridized carbons (Fsp3) is 0.250. The minimum absolute atomic E-state index is 0.00529. The van der Waals surface area contributed by atoms with Crippen LogP contribution in [0.15, 0.2) is 54.7 Å². The molecule has 1 N–H and O–H groups in total. The second kappa shape index (κ2) is 7.46. The lowest BCUT2D eigenvalue weighted by molar-refractivity contribution is -0.119. The summed E-state index contributed by atoms with van der Waals surface area (Å²) < 4.78 is 10.9. The Morgan fingerprint density at radius 1 is 1.07 bits per heavy atom. The van der Waals surface area contributed by atoms with Gasteiger partial charge < -0.3 is 14.6 Å². The number of aliphatic hydroxyl groups excluding tert-OH is 1. The average Bonchev–Trinajstić information content (AvgIpc) is 3.53. The van der Waals surface area contributed by atoms with Crippen LogP contribution in [0.4, 0.5) is 11.4 Å². The van der Waals surface area contributed by atoms with Crippen molar-refractivity contribution in [1.29, 1.82) is 0 Å². The smallest absolute Gasteiger partial charge is 0.234 e. The first-order valence-electron chi connectivity index (χ1n) is 10.0. The molecule has 6 heteroatoms. The highest BCUT2D eigenvalue weighted by Crippen LogP contribution is 2.41. The maximum atomic E-state index is 13.2. The van der Waals surface area contributed by atoms with Gasteiger partial charge >= 0.3 is 0 Å². The minimum atomic E-state index is 0.00529. The van der Waals surface area contributed by atoms with Crippen molar-refractivity contribution in [2.45, 2.75) is 26.4 Å². The SMILES string of the molecule is Cc1ncc(N(C(=O)C2CC2)c2ccc3c(c2)OCO3)cc1-c1ccc(CO)cc1. The Balaban J connectivity index is 1.58. The van der Waals surface area contributed by atoms with Gasteiger partial charge in [0, 0.05) is 23.2 Å². The number of benzene rings is 2. The molecule has 2 aromatic carbocycles. The van der Waals surface area contributed by atoms with Crippen LogP contribution in [0.25, 0.3) is 11.1 Å². The number of fused-ring (bicyclic) bond motifs is 1. The van der Waals surface area contributed by atoms with Gasteiger partial charge in [-0.05, 0) is 49.1 Å². The maximum absolute atomic E-state index is 13.2. The molecule has 2 aliphatic rings. The van der Waals surface area contributed by atoms with Crippen molar-refractivity contribution in [3.63, 3.8) is 0 Å². The molecule has 152 valence electrons. The Labute approximate surface area is 174 Å². The van der Waals surface area contributed by atoms with Crippen LogP contribution >= 0.6 is 0 Å². The lowest BCUT2D eigenvalue weighted by atomic mass is 10.0. The Morgan fingerprint density at radius 3 is 2.57 bits per heavy atom. The summed E-state index contributed by atoms with van der Waals surface area (Å²) >= 11 is 0. The van der Waals surface area contributed by atoms with E-state index in [-0.39, 0.29) is 25.2 Å². The summed E-state index contributed by atoms with van der Waals surface area (Å²) in [6.45, 7) is 2.15. The molecule has 0 radical (unpaired) electrons. The fourth-order valence-electron chi connectivity index (χ4n) is 3.67. The Bertz CT molecular complexity index is 1110. The molecular formula is C24H22N2O4. The van der Waals surface area contributed by atoms with E-state index >= 15 is 0 Å². The summed E-state index contributed by atoms with van der Waals surface area (Å²) in [5.74, 6) is 1.44. The van der Waals surface area contributed by atoms with E-state index < -0.39 is 0 Å². The molecule has 1 saturated carbocycles. The van der Waals surface area contributed by atoms with Crippen LogP contribution in [0.5, 0.6) is 11.5 Å². The number of amides is 1. The molecule has 0 saturated heterocycles. The van der Waals surface area contributed by atoms with Gasteiger partial charge in [0.05, 0.1) is 24.2 Å². The number of nitrogens with zero attached hydrogens (tertiary/aromatic N) is 2. The number of rotatable bonds is 5. The monoisotopic (exact) mass is 402 g/mol. The first kappa shape index (κ1) is 18.6. The first-order valence-corrected chi connectivity index (χ1v) is 10.0. The van der Waals surface area contributed by atoms with E-state index in [0.29, 0.717) is 11.5 Å². The lowest BCUT2D eigenvalue weighted by Gasteiger charge is -2.24. The van der Waals surface area contributed by atoms with Crippen LogP contribution in [0.1, 0.15) is 24.1 Å². The molecule has 1 amide bonds. The van der Waals surface area contributed by atoms with E-state index in [4.69, 9.17) is 9.47 Å². The van der Waals surface area contributed by atoms with Crippen molar-refractivity contribution in [3.8, 4) is 22.6 Å². The largest absolute Gasteiger partial charge is 0.454 e. The van der Waals surface area contributed by atoms with Gasteiger partial charge in [0.1, 0.15) is 0 Å². The number of aliphatic hydroxyl groups is 1. The molecule has 30 heavy (non-hydrogen) atoms. The third kappa shape index (κ3) is 3.39. The Morgan fingerprint density at radius 2 is 1.83 bits per heavy atom. The molecule has 2 heterocycles. The van der Waals surface area contributed by atoms with Crippen LogP contribution < -0.4 is 14.4 Å². The number of aryl methyl sites for hydroxylation is 1. The van der Waals surface area contributed by atoms with Gasteiger partial charge in [-0.3, -0.25) is 14.7 Å². The Hall–Kier alpha value is -3.38. The van der Waals surface area contributed by atoms with Crippen LogP contribution in [0, 0.1) is 12.8 Å². The van der Waals surface area contributed by atoms with Crippen molar-refractivity contribution in [2.24, 2.45) is 5.92 Å². The summed E-state index contributed by atoms with van der Waals surface area (Å²) in [6.07, 6.45) is 3.56. The van der Waals surface area contributed by atoms with Crippen molar-refractivity contribution in [3.05, 3.63) is 66.0 Å². The van der Waals surface area contributed by atoms with Crippen LogP contribution in [0.2, 0.25) is 0 Å². The second-order valence-electron chi connectivity index (χ2n) is 7.67. The summed E-state index contributed by atoms with van der Waals surface area (Å²) in [5.41, 5.74) is 5.13. The number of ether oxygens (including phenoxy) is 2. The number of aromatic nitrogens is 1. The van der Waals surface area contributed by atoms with Crippen molar-refractivity contribution in [2.75, 3.05) is 11.7 Å². The maximum Gasteiger partial charge on any atom is 0.234 e. The van der Waals surface area contributed by atoms with Gasteiger partial charge in [0.15, 0.2) is 11.5 Å². The van der Waals surface area contributed by atoms with E-state index in [2.05, 4.69) is 4.98 Å². The molecule has 1 aliphatic heterocycles. The number of anilines is 2. The number of pyridine rings is 1. The van der Waals surface area contributed by atoms with Gasteiger partial charge in [-0.2, -0.15) is 0 Å². The van der Waals surface area contributed by atoms with Gasteiger partial charge in [-0.25, -0.2) is 0 Å². The lowest BCUT2D eigenvalue weighted by Crippen LogP contribution is -2.27. The van der Waals surface area contributed by atoms with Crippen molar-refractivity contribution in [1.82, 2.24) is 4.98 Å². The summed E-state index contributed by atoms with van der Waals surface area (Å²) in [5, 5.41) is 9.31. The predicted octanol–water partition coefficient (Wildman–Crippen LogP) is 4.35. The van der Waals surface area contributed by atoms with Gasteiger partial charge in [0.25, 0.3) is 0 Å². The minimum Gasteiger partial charge on any atom is -0.454 e. The summed E-state index contributed by atoms with van der Waals surface area (Å²) in [6, 6.07) is 15.3. The van der Waals surface area contributed by atoms with E-state index in [0.717, 1.165) is 46.6 Å². The number of carbonyl (C=O) groups excluding carboxylic acids is 1. The molecule has 1 aliphatic carbocycles. The summed E-state index contributed by atoms with van der Waals surface area (Å²) in [7, 11) is 0. The molecule has 6 nitrogen and oxygen atoms in total. The molecule has 5 rings (SSSR count). The number of hydrogen-bond donors (Lipinski definition) is 1. The molecule has 0 bridgehead atoms. The topological polar surface area (TPSA) is 71.9 Å². The molecular weight excluding hydrogens is 380 g/mol. The standard InChI is InChI=1S/C24H22N2O4/c1-15-21(17-4-2-16(13-27)3-5-17)10-20(12-25-15)26(24(28)18-6-7-18)19-8-9-22-23(11-19)30-14-29-22/h2-5,8-12,18,27H,6-7,13-14H2,1H3. The third-order valence-corrected chi connectivity index (χ3v) is 5.54. The summed E-state index contributed by atoms with van der Waals surface area (Å²) in [4.78, 5) is 19.5. The molecule has 0 unspecified atom stereocenters. The highest BCUT2D eigenvalue weighted by Gasteiger charge is 2.35. The van der Waals surface area contributed by atoms with Crippen LogP contribution in [-0.4, -0.2) is 22.8 Å². The van der Waals surface area contributed by atoms with Crippen molar-refractivity contribution >= 4 is 17.3 Å². The average molecular weight is 402 g/mol. The van der Waals surface area contributed by atoms with E-state index in [9.17, 15) is 9.90 Å². The molecule has 3 aromatic rings. The molecule has 1 aromatic heterocycles. The van der Waals surface area contributed by atoms with Gasteiger partial charge in [0.2, 0.25) is 12.7 Å². The second-order valence-corrected chi connectivity index (χ2v) is 7.67. The van der Waals surface area contributed by atoms with Crippen LogP contribution in [0.3, 0.4) is 0 Å².